The molecule has 0 radical (unpaired) electrons. The molecule has 1 aromatic carbocycles. The number of nitriles is 1. The summed E-state index contributed by atoms with van der Waals surface area (Å²) in [7, 11) is -4.20. The molecule has 0 bridgehead atoms. The molecule has 4 N–H and O–H groups in total. The molecule has 112 valence electrons. The number of hydrogen-bond donors (Lipinski definition) is 3. The summed E-state index contributed by atoms with van der Waals surface area (Å²) in [5, 5.41) is 17.7. The van der Waals surface area contributed by atoms with Crippen LogP contribution in [-0.4, -0.2) is 31.4 Å². The zero-order valence-electron chi connectivity index (χ0n) is 11.0. The van der Waals surface area contributed by atoms with Crippen molar-refractivity contribution in [3.8, 4) is 6.07 Å². The molecule has 1 unspecified atom stereocenters. The lowest BCUT2D eigenvalue weighted by Crippen LogP contribution is -2.43. The number of nitrogens with two attached hydrogens (primary N) is 1. The highest BCUT2D eigenvalue weighted by atomic mass is 32.2. The number of aryl methyl sites for hydroxylation is 1. The second-order valence-electron chi connectivity index (χ2n) is 4.27. The highest BCUT2D eigenvalue weighted by molar-refractivity contribution is 7.89. The molecule has 0 saturated carbocycles. The normalized spacial score (nSPS) is 12.4. The van der Waals surface area contributed by atoms with Crippen LogP contribution in [0.15, 0.2) is 23.1 Å². The molecule has 1 amide bonds. The van der Waals surface area contributed by atoms with Crippen LogP contribution in [0.25, 0.3) is 0 Å². The topological polar surface area (TPSA) is 150 Å². The summed E-state index contributed by atoms with van der Waals surface area (Å²) in [4.78, 5) is 21.5. The highest BCUT2D eigenvalue weighted by Gasteiger charge is 2.28. The second kappa shape index (κ2) is 6.34. The number of nitrogens with one attached hydrogen (secondary N) is 1. The fraction of sp³-hybridized carbons (Fsp3) is 0.250. The number of aliphatic carboxylic acids is 1. The summed E-state index contributed by atoms with van der Waals surface area (Å²) in [5.41, 5.74) is 5.34. The summed E-state index contributed by atoms with van der Waals surface area (Å²) in [6.07, 6.45) is -0.675. The van der Waals surface area contributed by atoms with Gasteiger partial charge in [-0.1, -0.05) is 6.07 Å². The van der Waals surface area contributed by atoms with Gasteiger partial charge in [-0.3, -0.25) is 9.59 Å². The molecule has 8 nitrogen and oxygen atoms in total. The Morgan fingerprint density at radius 3 is 2.57 bits per heavy atom. The molecule has 21 heavy (non-hydrogen) atoms. The SMILES string of the molecule is Cc1ccc(C#N)cc1S(=O)(=O)NC(CC(N)=O)C(=O)O. The first-order chi connectivity index (χ1) is 9.67. The van der Waals surface area contributed by atoms with Crippen molar-refractivity contribution in [2.24, 2.45) is 5.73 Å². The van der Waals surface area contributed by atoms with E-state index in [1.54, 1.807) is 6.07 Å². The lowest BCUT2D eigenvalue weighted by Gasteiger charge is -2.14. The van der Waals surface area contributed by atoms with Crippen LogP contribution in [-0.2, 0) is 19.6 Å². The Balaban J connectivity index is 3.19. The van der Waals surface area contributed by atoms with Gasteiger partial charge < -0.3 is 10.8 Å². The molecule has 1 atom stereocenters. The Kier molecular flexibility index (Phi) is 5.02. The van der Waals surface area contributed by atoms with E-state index in [-0.39, 0.29) is 10.5 Å². The van der Waals surface area contributed by atoms with E-state index in [1.807, 2.05) is 4.72 Å². The molecule has 9 heteroatoms. The van der Waals surface area contributed by atoms with Gasteiger partial charge in [0.1, 0.15) is 6.04 Å². The van der Waals surface area contributed by atoms with Crippen LogP contribution in [0, 0.1) is 18.3 Å². The molecule has 0 spiro atoms. The maximum atomic E-state index is 12.2. The smallest absolute Gasteiger partial charge is 0.322 e. The van der Waals surface area contributed by atoms with Gasteiger partial charge in [-0.05, 0) is 24.6 Å². The van der Waals surface area contributed by atoms with E-state index in [0.29, 0.717) is 5.56 Å². The number of carbonyl (C=O) groups excluding carboxylic acids is 1. The molecule has 1 rings (SSSR count). The molecule has 0 aliphatic rings. The lowest BCUT2D eigenvalue weighted by molar-refractivity contribution is -0.140. The first-order valence-electron chi connectivity index (χ1n) is 5.71. The molecule has 0 aliphatic heterocycles. The molecular weight excluding hydrogens is 298 g/mol. The predicted octanol–water partition coefficient (Wildman–Crippen LogP) is -0.526. The number of carboxylic acid groups (broad SMARTS) is 1. The number of rotatable bonds is 6. The fourth-order valence-corrected chi connectivity index (χ4v) is 3.05. The van der Waals surface area contributed by atoms with Crippen LogP contribution in [0.2, 0.25) is 0 Å². The van der Waals surface area contributed by atoms with E-state index < -0.39 is 34.4 Å². The Morgan fingerprint density at radius 2 is 2.10 bits per heavy atom. The summed E-state index contributed by atoms with van der Waals surface area (Å²) in [5.74, 6) is -2.47. The largest absolute Gasteiger partial charge is 0.480 e. The predicted molar refractivity (Wildman–Crippen MR) is 71.5 cm³/mol. The second-order valence-corrected chi connectivity index (χ2v) is 5.96. The fourth-order valence-electron chi connectivity index (χ4n) is 1.59. The first-order valence-corrected chi connectivity index (χ1v) is 7.20. The van der Waals surface area contributed by atoms with Gasteiger partial charge in [-0.25, -0.2) is 8.42 Å². The Labute approximate surface area is 121 Å². The number of benzene rings is 1. The highest BCUT2D eigenvalue weighted by Crippen LogP contribution is 2.17. The minimum Gasteiger partial charge on any atom is -0.480 e. The Bertz CT molecular complexity index is 721. The average Bonchev–Trinajstić information content (AvgIpc) is 2.37. The van der Waals surface area contributed by atoms with E-state index in [9.17, 15) is 18.0 Å². The first kappa shape index (κ1) is 16.6. The van der Waals surface area contributed by atoms with Crippen molar-refractivity contribution in [2.75, 3.05) is 0 Å². The van der Waals surface area contributed by atoms with E-state index >= 15 is 0 Å². The van der Waals surface area contributed by atoms with E-state index in [1.165, 1.54) is 19.1 Å². The number of amides is 1. The van der Waals surface area contributed by atoms with Crippen molar-refractivity contribution in [3.63, 3.8) is 0 Å². The van der Waals surface area contributed by atoms with Gasteiger partial charge in [0, 0.05) is 0 Å². The van der Waals surface area contributed by atoms with Crippen LogP contribution >= 0.6 is 0 Å². The van der Waals surface area contributed by atoms with Gasteiger partial charge in [-0.15, -0.1) is 0 Å². The van der Waals surface area contributed by atoms with Crippen molar-refractivity contribution < 1.29 is 23.1 Å². The third kappa shape index (κ3) is 4.27. The van der Waals surface area contributed by atoms with Gasteiger partial charge in [0.2, 0.25) is 15.9 Å². The zero-order valence-corrected chi connectivity index (χ0v) is 11.8. The molecule has 1 aromatic rings. The van der Waals surface area contributed by atoms with Crippen molar-refractivity contribution in [3.05, 3.63) is 29.3 Å². The third-order valence-corrected chi connectivity index (χ3v) is 4.22. The molecular formula is C12H13N3O5S. The number of hydrogen-bond acceptors (Lipinski definition) is 5. The van der Waals surface area contributed by atoms with Crippen LogP contribution in [0.4, 0.5) is 0 Å². The molecule has 0 saturated heterocycles. The van der Waals surface area contributed by atoms with Crippen molar-refractivity contribution in [2.45, 2.75) is 24.3 Å². The lowest BCUT2D eigenvalue weighted by atomic mass is 10.2. The van der Waals surface area contributed by atoms with E-state index in [4.69, 9.17) is 16.1 Å². The number of primary amides is 1. The summed E-state index contributed by atoms with van der Waals surface area (Å²) in [6.45, 7) is 1.50. The van der Waals surface area contributed by atoms with Crippen LogP contribution in [0.1, 0.15) is 17.5 Å². The van der Waals surface area contributed by atoms with Gasteiger partial charge >= 0.3 is 5.97 Å². The van der Waals surface area contributed by atoms with E-state index in [2.05, 4.69) is 0 Å². The third-order valence-electron chi connectivity index (χ3n) is 2.61. The van der Waals surface area contributed by atoms with Gasteiger partial charge in [0.25, 0.3) is 0 Å². The monoisotopic (exact) mass is 311 g/mol. The Morgan fingerprint density at radius 1 is 1.48 bits per heavy atom. The van der Waals surface area contributed by atoms with Gasteiger partial charge in [0.05, 0.1) is 22.9 Å². The number of carboxylic acids is 1. The van der Waals surface area contributed by atoms with E-state index in [0.717, 1.165) is 6.07 Å². The average molecular weight is 311 g/mol. The maximum Gasteiger partial charge on any atom is 0.322 e. The summed E-state index contributed by atoms with van der Waals surface area (Å²) >= 11 is 0. The number of nitrogens with zero attached hydrogens (tertiary/aromatic N) is 1. The molecule has 0 aliphatic carbocycles. The van der Waals surface area contributed by atoms with Crippen LogP contribution in [0.3, 0.4) is 0 Å². The summed E-state index contributed by atoms with van der Waals surface area (Å²) < 4.78 is 26.3. The molecule has 0 aromatic heterocycles. The minimum atomic E-state index is -4.20. The van der Waals surface area contributed by atoms with Crippen molar-refractivity contribution >= 4 is 21.9 Å². The van der Waals surface area contributed by atoms with Gasteiger partial charge in [0.15, 0.2) is 0 Å². The zero-order chi connectivity index (χ0) is 16.2. The molecule has 0 heterocycles. The quantitative estimate of drug-likeness (QED) is 0.642. The molecule has 0 fully saturated rings. The number of sulfonamides is 1. The van der Waals surface area contributed by atoms with Crippen LogP contribution < -0.4 is 10.5 Å². The Hall–Kier alpha value is -2.44. The minimum absolute atomic E-state index is 0.114. The van der Waals surface area contributed by atoms with Crippen molar-refractivity contribution in [1.29, 1.82) is 5.26 Å². The van der Waals surface area contributed by atoms with Crippen molar-refractivity contribution in [1.82, 2.24) is 4.72 Å². The summed E-state index contributed by atoms with van der Waals surface area (Å²) in [6, 6.07) is 4.11. The maximum absolute atomic E-state index is 12.2. The number of carbonyl (C=O) groups is 2. The van der Waals surface area contributed by atoms with Crippen LogP contribution in [0.5, 0.6) is 0 Å². The standard InChI is InChI=1S/C12H13N3O5S/c1-7-2-3-8(6-13)4-10(7)21(19,20)15-9(12(17)18)5-11(14)16/h2-4,9,15H,5H2,1H3,(H2,14,16)(H,17,18). The van der Waals surface area contributed by atoms with Gasteiger partial charge in [-0.2, -0.15) is 9.98 Å².